The summed E-state index contributed by atoms with van der Waals surface area (Å²) in [7, 11) is 0. The summed E-state index contributed by atoms with van der Waals surface area (Å²) in [5.41, 5.74) is 12.5. The summed E-state index contributed by atoms with van der Waals surface area (Å²) in [5.74, 6) is 0. The first-order valence-corrected chi connectivity index (χ1v) is 17.9. The van der Waals surface area contributed by atoms with Crippen LogP contribution in [0.15, 0.2) is 33.5 Å². The van der Waals surface area contributed by atoms with Crippen molar-refractivity contribution >= 4 is 11.4 Å². The lowest BCUT2D eigenvalue weighted by Crippen LogP contribution is -2.14. The lowest BCUT2D eigenvalue weighted by atomic mass is 9.97. The Labute approximate surface area is 248 Å². The Morgan fingerprint density at radius 2 is 0.675 bits per heavy atom. The van der Waals surface area contributed by atoms with Gasteiger partial charge in [0, 0.05) is 13.1 Å². The van der Waals surface area contributed by atoms with Crippen LogP contribution in [-0.4, -0.2) is 24.5 Å². The Bertz CT molecular complexity index is 699. The molecule has 2 heterocycles. The first-order chi connectivity index (χ1) is 19.9. The maximum absolute atomic E-state index is 4.80. The number of hydrazone groups is 2. The van der Waals surface area contributed by atoms with E-state index in [9.17, 15) is 0 Å². The van der Waals surface area contributed by atoms with E-state index in [2.05, 4.69) is 28.1 Å². The van der Waals surface area contributed by atoms with Crippen molar-refractivity contribution in [3.05, 3.63) is 23.3 Å². The number of hydrogen-bond acceptors (Lipinski definition) is 4. The highest BCUT2D eigenvalue weighted by Crippen LogP contribution is 2.22. The molecule has 2 N–H and O–H groups in total. The van der Waals surface area contributed by atoms with Gasteiger partial charge in [-0.05, 0) is 101 Å². The zero-order valence-corrected chi connectivity index (χ0v) is 26.3. The summed E-state index contributed by atoms with van der Waals surface area (Å²) >= 11 is 0. The second-order valence-electron chi connectivity index (χ2n) is 12.7. The summed E-state index contributed by atoms with van der Waals surface area (Å²) < 4.78 is 0. The number of rotatable bonds is 2. The molecule has 2 aliphatic carbocycles. The van der Waals surface area contributed by atoms with E-state index in [1.54, 1.807) is 11.1 Å². The van der Waals surface area contributed by atoms with E-state index in [0.717, 1.165) is 13.1 Å². The summed E-state index contributed by atoms with van der Waals surface area (Å²) in [6, 6.07) is 0. The van der Waals surface area contributed by atoms with Crippen LogP contribution in [0.4, 0.5) is 0 Å². The van der Waals surface area contributed by atoms with Crippen LogP contribution >= 0.6 is 0 Å². The maximum atomic E-state index is 4.80. The molecular weight excluding hydrogens is 488 g/mol. The van der Waals surface area contributed by atoms with Crippen molar-refractivity contribution in [1.82, 2.24) is 10.9 Å². The van der Waals surface area contributed by atoms with Gasteiger partial charge >= 0.3 is 0 Å². The standard InChI is InChI=1S/C20H36N2.C16H28N2/c1-2-4-8-12-16-19(15-11-7-3-1)20-17-13-9-5-6-10-14-18-21-22-20;1-2-4-8-12-15(11-7-3-1)16-13-9-5-6-10-14-17-18-16/h15,21H,1-14,16-18H2;11,17H,1-10,12-14H2. The molecule has 0 spiro atoms. The van der Waals surface area contributed by atoms with Crippen LogP contribution in [0.25, 0.3) is 0 Å². The van der Waals surface area contributed by atoms with Crippen molar-refractivity contribution in [1.29, 1.82) is 0 Å². The molecule has 4 heteroatoms. The first-order valence-electron chi connectivity index (χ1n) is 17.9. The topological polar surface area (TPSA) is 48.8 Å². The molecule has 0 saturated carbocycles. The minimum Gasteiger partial charge on any atom is -0.310 e. The normalized spacial score (nSPS) is 24.0. The Hall–Kier alpha value is -1.58. The third-order valence-corrected chi connectivity index (χ3v) is 9.16. The molecule has 0 aromatic carbocycles. The summed E-state index contributed by atoms with van der Waals surface area (Å²) in [4.78, 5) is 0. The minimum atomic E-state index is 1.05. The van der Waals surface area contributed by atoms with Crippen molar-refractivity contribution in [2.45, 2.75) is 180 Å². The predicted molar refractivity (Wildman–Crippen MR) is 176 cm³/mol. The highest BCUT2D eigenvalue weighted by atomic mass is 15.3. The fraction of sp³-hybridized carbons (Fsp3) is 0.833. The molecule has 0 aromatic heterocycles. The zero-order chi connectivity index (χ0) is 27.8. The molecule has 0 aromatic rings. The molecule has 4 rings (SSSR count). The van der Waals surface area contributed by atoms with Gasteiger partial charge in [-0.25, -0.2) is 0 Å². The lowest BCUT2D eigenvalue weighted by molar-refractivity contribution is 0.586. The van der Waals surface area contributed by atoms with Crippen LogP contribution in [0.1, 0.15) is 180 Å². The van der Waals surface area contributed by atoms with Gasteiger partial charge in [-0.1, -0.05) is 102 Å². The van der Waals surface area contributed by atoms with Crippen molar-refractivity contribution in [2.24, 2.45) is 10.2 Å². The van der Waals surface area contributed by atoms with Crippen LogP contribution in [0, 0.1) is 0 Å². The van der Waals surface area contributed by atoms with E-state index in [1.165, 1.54) is 191 Å². The third kappa shape index (κ3) is 15.4. The molecule has 0 atom stereocenters. The van der Waals surface area contributed by atoms with Gasteiger partial charge in [0.2, 0.25) is 0 Å². The molecule has 0 bridgehead atoms. The second kappa shape index (κ2) is 23.0. The Morgan fingerprint density at radius 3 is 1.10 bits per heavy atom. The molecular formula is C36H64N4. The largest absolute Gasteiger partial charge is 0.310 e. The van der Waals surface area contributed by atoms with E-state index in [0.29, 0.717) is 0 Å². The second-order valence-corrected chi connectivity index (χ2v) is 12.7. The van der Waals surface area contributed by atoms with E-state index >= 15 is 0 Å². The third-order valence-electron chi connectivity index (χ3n) is 9.16. The summed E-state index contributed by atoms with van der Waals surface area (Å²) in [6.07, 6.45) is 42.6. The zero-order valence-electron chi connectivity index (χ0n) is 26.3. The lowest BCUT2D eigenvalue weighted by Gasteiger charge is -2.12. The van der Waals surface area contributed by atoms with Crippen molar-refractivity contribution < 1.29 is 0 Å². The molecule has 0 amide bonds. The number of nitrogens with zero attached hydrogens (tertiary/aromatic N) is 2. The average molecular weight is 553 g/mol. The van der Waals surface area contributed by atoms with Crippen LogP contribution < -0.4 is 10.9 Å². The predicted octanol–water partition coefficient (Wildman–Crippen LogP) is 10.7. The van der Waals surface area contributed by atoms with E-state index in [-0.39, 0.29) is 0 Å². The molecule has 4 aliphatic rings. The van der Waals surface area contributed by atoms with Gasteiger partial charge in [-0.2, -0.15) is 10.2 Å². The minimum absolute atomic E-state index is 1.05. The number of allylic oxidation sites excluding steroid dienone is 4. The highest BCUT2D eigenvalue weighted by molar-refractivity contribution is 6.00. The number of nitrogens with one attached hydrogen (secondary N) is 2. The molecule has 40 heavy (non-hydrogen) atoms. The van der Waals surface area contributed by atoms with Crippen LogP contribution in [0.3, 0.4) is 0 Å². The van der Waals surface area contributed by atoms with Crippen molar-refractivity contribution in [3.8, 4) is 0 Å². The van der Waals surface area contributed by atoms with E-state index < -0.39 is 0 Å². The molecule has 0 saturated heterocycles. The molecule has 2 aliphatic heterocycles. The molecule has 228 valence electrons. The summed E-state index contributed by atoms with van der Waals surface area (Å²) in [5, 5.41) is 9.47. The van der Waals surface area contributed by atoms with Crippen LogP contribution in [-0.2, 0) is 0 Å². The fourth-order valence-electron chi connectivity index (χ4n) is 6.55. The van der Waals surface area contributed by atoms with E-state index in [1.807, 2.05) is 0 Å². The van der Waals surface area contributed by atoms with Gasteiger partial charge in [0.1, 0.15) is 0 Å². The van der Waals surface area contributed by atoms with Gasteiger partial charge in [0.15, 0.2) is 0 Å². The van der Waals surface area contributed by atoms with E-state index in [4.69, 9.17) is 5.10 Å². The quantitative estimate of drug-likeness (QED) is 0.358. The van der Waals surface area contributed by atoms with Gasteiger partial charge in [-0.3, -0.25) is 0 Å². The first kappa shape index (κ1) is 32.9. The Morgan fingerprint density at radius 1 is 0.350 bits per heavy atom. The number of hydrogen-bond donors (Lipinski definition) is 2. The van der Waals surface area contributed by atoms with Gasteiger partial charge in [0.05, 0.1) is 11.4 Å². The van der Waals surface area contributed by atoms with Gasteiger partial charge < -0.3 is 10.9 Å². The smallest absolute Gasteiger partial charge is 0.0631 e. The van der Waals surface area contributed by atoms with Gasteiger partial charge in [-0.15, -0.1) is 0 Å². The van der Waals surface area contributed by atoms with Crippen LogP contribution in [0.2, 0.25) is 0 Å². The molecule has 4 nitrogen and oxygen atoms in total. The Balaban J connectivity index is 0.000000225. The monoisotopic (exact) mass is 553 g/mol. The Kier molecular flexibility index (Phi) is 19.0. The molecule has 0 unspecified atom stereocenters. The highest BCUT2D eigenvalue weighted by Gasteiger charge is 2.11. The maximum Gasteiger partial charge on any atom is 0.0631 e. The van der Waals surface area contributed by atoms with Crippen LogP contribution in [0.5, 0.6) is 0 Å². The molecule has 0 radical (unpaired) electrons. The fourth-order valence-corrected chi connectivity index (χ4v) is 6.55. The van der Waals surface area contributed by atoms with Crippen molar-refractivity contribution in [3.63, 3.8) is 0 Å². The molecule has 0 fully saturated rings. The SMILES string of the molecule is C1=C(C2=NNCCCCCC2)CCCCCCC1.C1=C(C2=NNCCCCCCCC2)CCCCCCCCC1. The summed E-state index contributed by atoms with van der Waals surface area (Å²) in [6.45, 7) is 2.10. The van der Waals surface area contributed by atoms with Gasteiger partial charge in [0.25, 0.3) is 0 Å². The van der Waals surface area contributed by atoms with Crippen molar-refractivity contribution in [2.75, 3.05) is 13.1 Å². The average Bonchev–Trinajstić information content (AvgIpc) is 3.13.